The summed E-state index contributed by atoms with van der Waals surface area (Å²) in [5, 5.41) is 0. The van der Waals surface area contributed by atoms with Crippen LogP contribution in [-0.4, -0.2) is 11.9 Å². The fourth-order valence-corrected chi connectivity index (χ4v) is 0.800. The van der Waals surface area contributed by atoms with Crippen molar-refractivity contribution in [3.8, 4) is 0 Å². The molecule has 0 bridgehead atoms. The molecule has 0 spiro atoms. The third-order valence-corrected chi connectivity index (χ3v) is 1.78. The van der Waals surface area contributed by atoms with Crippen LogP contribution < -0.4 is 0 Å². The Balaban J connectivity index is 4.87. The lowest BCUT2D eigenvalue weighted by Crippen LogP contribution is -2.09. The number of alkyl halides is 3. The quantitative estimate of drug-likeness (QED) is 0.633. The second-order valence-electron chi connectivity index (χ2n) is 3.52. The van der Waals surface area contributed by atoms with Crippen LogP contribution in [0.5, 0.6) is 0 Å². The van der Waals surface area contributed by atoms with Crippen LogP contribution in [0.15, 0.2) is 28.9 Å². The molecule has 0 heterocycles. The first-order chi connectivity index (χ1) is 6.79. The molecule has 0 aliphatic rings. The summed E-state index contributed by atoms with van der Waals surface area (Å²) in [6.45, 7) is 6.58. The van der Waals surface area contributed by atoms with E-state index in [0.29, 0.717) is 5.71 Å². The number of nitrogens with zero attached hydrogens (tertiary/aromatic N) is 1. The van der Waals surface area contributed by atoms with E-state index in [-0.39, 0.29) is 5.92 Å². The zero-order valence-corrected chi connectivity index (χ0v) is 9.39. The number of halogens is 3. The summed E-state index contributed by atoms with van der Waals surface area (Å²) in [4.78, 5) is 3.83. The van der Waals surface area contributed by atoms with Crippen molar-refractivity contribution in [3.05, 3.63) is 23.9 Å². The van der Waals surface area contributed by atoms with Crippen molar-refractivity contribution in [1.82, 2.24) is 0 Å². The first-order valence-electron chi connectivity index (χ1n) is 4.73. The lowest BCUT2D eigenvalue weighted by molar-refractivity contribution is -0.0914. The SMILES string of the molecule is C\C=C/C(=N\C=C(/C)C(F)(F)F)C(C)C. The van der Waals surface area contributed by atoms with Gasteiger partial charge in [0.15, 0.2) is 0 Å². The van der Waals surface area contributed by atoms with Gasteiger partial charge in [-0.05, 0) is 25.8 Å². The van der Waals surface area contributed by atoms with Gasteiger partial charge in [-0.15, -0.1) is 0 Å². The van der Waals surface area contributed by atoms with Gasteiger partial charge < -0.3 is 0 Å². The molecule has 4 heteroatoms. The van der Waals surface area contributed by atoms with Crippen molar-refractivity contribution in [3.63, 3.8) is 0 Å². The Kier molecular flexibility index (Phi) is 5.33. The smallest absolute Gasteiger partial charge is 0.261 e. The van der Waals surface area contributed by atoms with Crippen molar-refractivity contribution >= 4 is 5.71 Å². The fourth-order valence-electron chi connectivity index (χ4n) is 0.800. The van der Waals surface area contributed by atoms with E-state index in [1.807, 2.05) is 13.8 Å². The molecule has 0 radical (unpaired) electrons. The van der Waals surface area contributed by atoms with Gasteiger partial charge in [0.05, 0.1) is 0 Å². The molecule has 86 valence electrons. The molecule has 1 nitrogen and oxygen atoms in total. The highest BCUT2D eigenvalue weighted by Crippen LogP contribution is 2.24. The van der Waals surface area contributed by atoms with Crippen molar-refractivity contribution in [2.24, 2.45) is 10.9 Å². The molecule has 0 fully saturated rings. The molecule has 0 saturated heterocycles. The summed E-state index contributed by atoms with van der Waals surface area (Å²) in [5.41, 5.74) is -0.0498. The average Bonchev–Trinajstić information content (AvgIpc) is 2.09. The molecule has 0 aliphatic carbocycles. The largest absolute Gasteiger partial charge is 0.413 e. The zero-order chi connectivity index (χ0) is 12.1. The number of allylic oxidation sites excluding steroid dienone is 3. The van der Waals surface area contributed by atoms with Crippen molar-refractivity contribution in [2.75, 3.05) is 0 Å². The highest BCUT2D eigenvalue weighted by atomic mass is 19.4. The monoisotopic (exact) mass is 219 g/mol. The Bertz CT molecular complexity index is 283. The Morgan fingerprint density at radius 3 is 2.13 bits per heavy atom. The first kappa shape index (κ1) is 13.9. The highest BCUT2D eigenvalue weighted by Gasteiger charge is 2.29. The van der Waals surface area contributed by atoms with Gasteiger partial charge in [-0.2, -0.15) is 13.2 Å². The van der Waals surface area contributed by atoms with Gasteiger partial charge in [0.1, 0.15) is 0 Å². The Labute approximate surface area is 88.4 Å². The molecule has 0 saturated carbocycles. The van der Waals surface area contributed by atoms with E-state index in [9.17, 15) is 13.2 Å². The van der Waals surface area contributed by atoms with Crippen LogP contribution in [0.25, 0.3) is 0 Å². The molecule has 0 amide bonds. The molecule has 0 aromatic rings. The number of aliphatic imine (C=N–C) groups is 1. The van der Waals surface area contributed by atoms with Crippen molar-refractivity contribution in [2.45, 2.75) is 33.9 Å². The minimum absolute atomic E-state index is 0.110. The third kappa shape index (κ3) is 5.40. The molecule has 0 unspecified atom stereocenters. The summed E-state index contributed by atoms with van der Waals surface area (Å²) < 4.78 is 36.4. The second-order valence-corrected chi connectivity index (χ2v) is 3.52. The van der Waals surface area contributed by atoms with E-state index in [1.54, 1.807) is 19.1 Å². The lowest BCUT2D eigenvalue weighted by atomic mass is 10.1. The van der Waals surface area contributed by atoms with Gasteiger partial charge >= 0.3 is 6.18 Å². The van der Waals surface area contributed by atoms with Crippen LogP contribution in [0.2, 0.25) is 0 Å². The minimum atomic E-state index is -4.29. The van der Waals surface area contributed by atoms with Gasteiger partial charge in [-0.1, -0.05) is 19.9 Å². The minimum Gasteiger partial charge on any atom is -0.261 e. The van der Waals surface area contributed by atoms with Crippen LogP contribution in [-0.2, 0) is 0 Å². The summed E-state index contributed by atoms with van der Waals surface area (Å²) in [6, 6.07) is 0. The Morgan fingerprint density at radius 1 is 1.27 bits per heavy atom. The lowest BCUT2D eigenvalue weighted by Gasteiger charge is -2.06. The van der Waals surface area contributed by atoms with Gasteiger partial charge in [0.25, 0.3) is 0 Å². The van der Waals surface area contributed by atoms with Crippen LogP contribution >= 0.6 is 0 Å². The Morgan fingerprint density at radius 2 is 1.80 bits per heavy atom. The average molecular weight is 219 g/mol. The standard InChI is InChI=1S/C11H16F3N/c1-5-6-10(8(2)3)15-7-9(4)11(12,13)14/h5-8H,1-4H3/b6-5-,9-7+,15-10+. The maximum absolute atomic E-state index is 12.1. The topological polar surface area (TPSA) is 12.4 Å². The van der Waals surface area contributed by atoms with E-state index >= 15 is 0 Å². The molecule has 0 atom stereocenters. The summed E-state index contributed by atoms with van der Waals surface area (Å²) in [5.74, 6) is 0.110. The van der Waals surface area contributed by atoms with E-state index in [2.05, 4.69) is 4.99 Å². The highest BCUT2D eigenvalue weighted by molar-refractivity contribution is 5.96. The zero-order valence-electron chi connectivity index (χ0n) is 9.39. The van der Waals surface area contributed by atoms with E-state index in [0.717, 1.165) is 13.1 Å². The molecule has 0 aromatic carbocycles. The molecule has 0 rings (SSSR count). The molecular weight excluding hydrogens is 203 g/mol. The molecule has 15 heavy (non-hydrogen) atoms. The number of hydrogen-bond donors (Lipinski definition) is 0. The summed E-state index contributed by atoms with van der Waals surface area (Å²) >= 11 is 0. The van der Waals surface area contributed by atoms with E-state index in [1.165, 1.54) is 0 Å². The van der Waals surface area contributed by atoms with Gasteiger partial charge in [-0.25, -0.2) is 0 Å². The number of hydrogen-bond acceptors (Lipinski definition) is 1. The van der Waals surface area contributed by atoms with E-state index < -0.39 is 11.7 Å². The van der Waals surface area contributed by atoms with Gasteiger partial charge in [-0.3, -0.25) is 4.99 Å². The van der Waals surface area contributed by atoms with Crippen LogP contribution in [0, 0.1) is 5.92 Å². The third-order valence-electron chi connectivity index (χ3n) is 1.78. The van der Waals surface area contributed by atoms with E-state index in [4.69, 9.17) is 0 Å². The predicted molar refractivity (Wildman–Crippen MR) is 56.9 cm³/mol. The normalized spacial score (nSPS) is 15.5. The maximum Gasteiger partial charge on any atom is 0.413 e. The molecule has 0 N–H and O–H groups in total. The molecule has 0 aliphatic heterocycles. The maximum atomic E-state index is 12.1. The predicted octanol–water partition coefficient (Wildman–Crippen LogP) is 4.13. The van der Waals surface area contributed by atoms with Gasteiger partial charge in [0.2, 0.25) is 0 Å². The first-order valence-corrected chi connectivity index (χ1v) is 4.73. The van der Waals surface area contributed by atoms with Gasteiger partial charge in [0, 0.05) is 17.5 Å². The van der Waals surface area contributed by atoms with Crippen LogP contribution in [0.4, 0.5) is 13.2 Å². The number of rotatable bonds is 3. The summed E-state index contributed by atoms with van der Waals surface area (Å²) in [6.07, 6.45) is 0.0528. The summed E-state index contributed by atoms with van der Waals surface area (Å²) in [7, 11) is 0. The van der Waals surface area contributed by atoms with Crippen molar-refractivity contribution in [1.29, 1.82) is 0 Å². The van der Waals surface area contributed by atoms with Crippen LogP contribution in [0.3, 0.4) is 0 Å². The molecule has 0 aromatic heterocycles. The van der Waals surface area contributed by atoms with Crippen molar-refractivity contribution < 1.29 is 13.2 Å². The van der Waals surface area contributed by atoms with Crippen LogP contribution in [0.1, 0.15) is 27.7 Å². The Hall–Kier alpha value is -1.06. The fraction of sp³-hybridized carbons (Fsp3) is 0.545. The molecular formula is C11H16F3N. The second kappa shape index (κ2) is 5.73.